The third kappa shape index (κ3) is 2.57. The molecule has 1 saturated carbocycles. The van der Waals surface area contributed by atoms with E-state index in [1.165, 1.54) is 32.1 Å². The first-order chi connectivity index (χ1) is 9.77. The van der Waals surface area contributed by atoms with Crippen LogP contribution >= 0.6 is 12.2 Å². The standard InChI is InChI=1S/C16H21N3S/c1-12-8-4-2-7-11-14(12)19-15(17-18-16(19)20)13-9-5-3-6-10-13/h3,5-6,9-10,12,14H,2,4,7-8,11H2,1H3,(H,18,20). The Morgan fingerprint density at radius 1 is 1.15 bits per heavy atom. The molecule has 0 aliphatic heterocycles. The zero-order chi connectivity index (χ0) is 13.9. The fourth-order valence-corrected chi connectivity index (χ4v) is 3.53. The smallest absolute Gasteiger partial charge is 0.195 e. The summed E-state index contributed by atoms with van der Waals surface area (Å²) in [5.41, 5.74) is 1.14. The summed E-state index contributed by atoms with van der Waals surface area (Å²) >= 11 is 5.50. The van der Waals surface area contributed by atoms with Gasteiger partial charge in [-0.05, 0) is 31.0 Å². The SMILES string of the molecule is CC1CCCCCC1n1c(-c2ccccc2)n[nH]c1=S. The van der Waals surface area contributed by atoms with Crippen molar-refractivity contribution in [2.45, 2.75) is 45.1 Å². The summed E-state index contributed by atoms with van der Waals surface area (Å²) < 4.78 is 3.00. The molecule has 2 aromatic rings. The van der Waals surface area contributed by atoms with Gasteiger partial charge in [-0.1, -0.05) is 56.5 Å². The van der Waals surface area contributed by atoms with Crippen LogP contribution in [0.1, 0.15) is 45.1 Å². The number of nitrogens with zero attached hydrogens (tertiary/aromatic N) is 2. The van der Waals surface area contributed by atoms with Crippen molar-refractivity contribution >= 4 is 12.2 Å². The summed E-state index contributed by atoms with van der Waals surface area (Å²) in [6.45, 7) is 2.35. The van der Waals surface area contributed by atoms with Crippen LogP contribution in [0, 0.1) is 10.7 Å². The molecule has 0 saturated heterocycles. The number of rotatable bonds is 2. The maximum atomic E-state index is 5.50. The number of hydrogen-bond donors (Lipinski definition) is 1. The van der Waals surface area contributed by atoms with Crippen molar-refractivity contribution in [1.82, 2.24) is 14.8 Å². The molecule has 1 aliphatic rings. The van der Waals surface area contributed by atoms with Crippen LogP contribution < -0.4 is 0 Å². The lowest BCUT2D eigenvalue weighted by Crippen LogP contribution is -2.17. The van der Waals surface area contributed by atoms with Gasteiger partial charge in [0.1, 0.15) is 0 Å². The van der Waals surface area contributed by atoms with Gasteiger partial charge < -0.3 is 0 Å². The highest BCUT2D eigenvalue weighted by atomic mass is 32.1. The van der Waals surface area contributed by atoms with Gasteiger partial charge in [0.25, 0.3) is 0 Å². The molecule has 0 spiro atoms. The molecule has 1 aromatic carbocycles. The minimum Gasteiger partial charge on any atom is -0.297 e. The average Bonchev–Trinajstić information content (AvgIpc) is 2.72. The normalized spacial score (nSPS) is 23.4. The third-order valence-electron chi connectivity index (χ3n) is 4.38. The molecule has 1 fully saturated rings. The van der Waals surface area contributed by atoms with Crippen molar-refractivity contribution in [2.24, 2.45) is 5.92 Å². The Balaban J connectivity index is 2.05. The first-order valence-corrected chi connectivity index (χ1v) is 7.90. The molecule has 0 amide bonds. The second-order valence-electron chi connectivity index (χ2n) is 5.77. The Morgan fingerprint density at radius 3 is 2.70 bits per heavy atom. The molecule has 0 radical (unpaired) electrons. The largest absolute Gasteiger partial charge is 0.297 e. The van der Waals surface area contributed by atoms with Crippen molar-refractivity contribution in [1.29, 1.82) is 0 Å². The van der Waals surface area contributed by atoms with Crippen LogP contribution in [0.4, 0.5) is 0 Å². The van der Waals surface area contributed by atoms with E-state index in [2.05, 4.69) is 33.8 Å². The zero-order valence-corrected chi connectivity index (χ0v) is 12.7. The zero-order valence-electron chi connectivity index (χ0n) is 11.9. The molecule has 20 heavy (non-hydrogen) atoms. The van der Waals surface area contributed by atoms with Gasteiger partial charge in [-0.2, -0.15) is 5.10 Å². The molecule has 1 N–H and O–H groups in total. The van der Waals surface area contributed by atoms with E-state index in [0.717, 1.165) is 16.2 Å². The molecule has 3 nitrogen and oxygen atoms in total. The van der Waals surface area contributed by atoms with Gasteiger partial charge in [-0.3, -0.25) is 9.67 Å². The third-order valence-corrected chi connectivity index (χ3v) is 4.67. The monoisotopic (exact) mass is 287 g/mol. The van der Waals surface area contributed by atoms with E-state index >= 15 is 0 Å². The summed E-state index contributed by atoms with van der Waals surface area (Å²) in [6, 6.07) is 10.8. The number of aromatic amines is 1. The van der Waals surface area contributed by atoms with E-state index in [9.17, 15) is 0 Å². The molecule has 1 heterocycles. The van der Waals surface area contributed by atoms with Crippen LogP contribution in [-0.4, -0.2) is 14.8 Å². The molecule has 2 unspecified atom stereocenters. The van der Waals surface area contributed by atoms with E-state index in [4.69, 9.17) is 12.2 Å². The second-order valence-corrected chi connectivity index (χ2v) is 6.16. The number of nitrogens with one attached hydrogen (secondary N) is 1. The maximum Gasteiger partial charge on any atom is 0.195 e. The van der Waals surface area contributed by atoms with Crippen molar-refractivity contribution < 1.29 is 0 Å². The molecule has 1 aromatic heterocycles. The predicted molar refractivity (Wildman–Crippen MR) is 84.1 cm³/mol. The number of benzene rings is 1. The first-order valence-electron chi connectivity index (χ1n) is 7.49. The van der Waals surface area contributed by atoms with Gasteiger partial charge >= 0.3 is 0 Å². The summed E-state index contributed by atoms with van der Waals surface area (Å²) in [5, 5.41) is 7.46. The van der Waals surface area contributed by atoms with E-state index < -0.39 is 0 Å². The highest BCUT2D eigenvalue weighted by Crippen LogP contribution is 2.35. The van der Waals surface area contributed by atoms with Crippen LogP contribution in [-0.2, 0) is 0 Å². The summed E-state index contributed by atoms with van der Waals surface area (Å²) in [5.74, 6) is 1.64. The van der Waals surface area contributed by atoms with E-state index in [1.54, 1.807) is 0 Å². The van der Waals surface area contributed by atoms with Gasteiger partial charge in [-0.25, -0.2) is 0 Å². The Bertz CT molecular complexity index is 614. The topological polar surface area (TPSA) is 33.6 Å². The van der Waals surface area contributed by atoms with Gasteiger partial charge in [0.05, 0.1) is 0 Å². The second kappa shape index (κ2) is 5.92. The van der Waals surface area contributed by atoms with E-state index in [0.29, 0.717) is 12.0 Å². The molecule has 2 atom stereocenters. The summed E-state index contributed by atoms with van der Waals surface area (Å²) in [7, 11) is 0. The molecule has 1 aliphatic carbocycles. The fraction of sp³-hybridized carbons (Fsp3) is 0.500. The molecule has 4 heteroatoms. The lowest BCUT2D eigenvalue weighted by molar-refractivity contribution is 0.333. The minimum atomic E-state index is 0.471. The van der Waals surface area contributed by atoms with Crippen LogP contribution in [0.25, 0.3) is 11.4 Å². The van der Waals surface area contributed by atoms with Crippen LogP contribution in [0.2, 0.25) is 0 Å². The average molecular weight is 287 g/mol. The van der Waals surface area contributed by atoms with Crippen molar-refractivity contribution in [3.8, 4) is 11.4 Å². The van der Waals surface area contributed by atoms with Gasteiger partial charge in [-0.15, -0.1) is 0 Å². The number of hydrogen-bond acceptors (Lipinski definition) is 2. The lowest BCUT2D eigenvalue weighted by atomic mass is 9.96. The molecule has 0 bridgehead atoms. The molecule has 3 rings (SSSR count). The maximum absolute atomic E-state index is 5.50. The highest BCUT2D eigenvalue weighted by molar-refractivity contribution is 7.71. The quantitative estimate of drug-likeness (QED) is 0.639. The Hall–Kier alpha value is -1.42. The predicted octanol–water partition coefficient (Wildman–Crippen LogP) is 4.75. The number of aromatic nitrogens is 3. The van der Waals surface area contributed by atoms with Gasteiger partial charge in [0.15, 0.2) is 10.6 Å². The Morgan fingerprint density at radius 2 is 1.90 bits per heavy atom. The summed E-state index contributed by atoms with van der Waals surface area (Å²) in [6.07, 6.45) is 6.45. The minimum absolute atomic E-state index is 0.471. The van der Waals surface area contributed by atoms with Crippen molar-refractivity contribution in [3.05, 3.63) is 35.1 Å². The van der Waals surface area contributed by atoms with Crippen LogP contribution in [0.5, 0.6) is 0 Å². The van der Waals surface area contributed by atoms with Crippen LogP contribution in [0.3, 0.4) is 0 Å². The Labute approximate surface area is 125 Å². The lowest BCUT2D eigenvalue weighted by Gasteiger charge is -2.24. The molecule has 106 valence electrons. The first kappa shape index (κ1) is 13.6. The van der Waals surface area contributed by atoms with Crippen LogP contribution in [0.15, 0.2) is 30.3 Å². The molecular formula is C16H21N3S. The molecular weight excluding hydrogens is 266 g/mol. The summed E-state index contributed by atoms with van der Waals surface area (Å²) in [4.78, 5) is 0. The van der Waals surface area contributed by atoms with E-state index in [1.807, 2.05) is 18.2 Å². The Kier molecular flexibility index (Phi) is 4.01. The van der Waals surface area contributed by atoms with E-state index in [-0.39, 0.29) is 0 Å². The van der Waals surface area contributed by atoms with Gasteiger partial charge in [0.2, 0.25) is 0 Å². The van der Waals surface area contributed by atoms with Gasteiger partial charge in [0, 0.05) is 11.6 Å². The number of H-pyrrole nitrogens is 1. The van der Waals surface area contributed by atoms with Crippen molar-refractivity contribution in [2.75, 3.05) is 0 Å². The van der Waals surface area contributed by atoms with Crippen molar-refractivity contribution in [3.63, 3.8) is 0 Å². The highest BCUT2D eigenvalue weighted by Gasteiger charge is 2.25. The fourth-order valence-electron chi connectivity index (χ4n) is 3.26.